The fourth-order valence-corrected chi connectivity index (χ4v) is 2.59. The SMILES string of the molecule is CCCCC(C)Cc1cc(C(F)(F)F)nc2ccccc12. The van der Waals surface area contributed by atoms with Crippen molar-refractivity contribution in [1.29, 1.82) is 0 Å². The van der Waals surface area contributed by atoms with Crippen molar-refractivity contribution in [2.24, 2.45) is 5.92 Å². The molecule has 0 fully saturated rings. The molecule has 0 saturated carbocycles. The molecule has 4 heteroatoms. The summed E-state index contributed by atoms with van der Waals surface area (Å²) in [6.45, 7) is 4.22. The monoisotopic (exact) mass is 295 g/mol. The lowest BCUT2D eigenvalue weighted by atomic mass is 9.93. The zero-order valence-electron chi connectivity index (χ0n) is 12.4. The lowest BCUT2D eigenvalue weighted by Gasteiger charge is -2.15. The van der Waals surface area contributed by atoms with Crippen LogP contribution in [0.5, 0.6) is 0 Å². The molecular weight excluding hydrogens is 275 g/mol. The quantitative estimate of drug-likeness (QED) is 0.697. The summed E-state index contributed by atoms with van der Waals surface area (Å²) in [4.78, 5) is 3.75. The molecule has 1 aromatic carbocycles. The van der Waals surface area contributed by atoms with Gasteiger partial charge in [0, 0.05) is 5.39 Å². The van der Waals surface area contributed by atoms with Gasteiger partial charge in [0.1, 0.15) is 5.69 Å². The maximum absolute atomic E-state index is 13.0. The lowest BCUT2D eigenvalue weighted by molar-refractivity contribution is -0.141. The molecule has 0 spiro atoms. The van der Waals surface area contributed by atoms with Gasteiger partial charge in [-0.1, -0.05) is 51.3 Å². The summed E-state index contributed by atoms with van der Waals surface area (Å²) in [7, 11) is 0. The summed E-state index contributed by atoms with van der Waals surface area (Å²) in [6.07, 6.45) is -0.488. The van der Waals surface area contributed by atoms with Crippen molar-refractivity contribution < 1.29 is 13.2 Å². The van der Waals surface area contributed by atoms with E-state index < -0.39 is 11.9 Å². The number of rotatable bonds is 5. The number of hydrogen-bond acceptors (Lipinski definition) is 1. The molecule has 0 aliphatic heterocycles. The first-order chi connectivity index (χ1) is 9.91. The van der Waals surface area contributed by atoms with Crippen LogP contribution < -0.4 is 0 Å². The van der Waals surface area contributed by atoms with Crippen LogP contribution in [0, 0.1) is 5.92 Å². The number of unbranched alkanes of at least 4 members (excludes halogenated alkanes) is 1. The molecule has 0 saturated heterocycles. The molecule has 1 aromatic heterocycles. The Morgan fingerprint density at radius 2 is 1.90 bits per heavy atom. The first-order valence-electron chi connectivity index (χ1n) is 7.37. The maximum Gasteiger partial charge on any atom is 0.433 e. The van der Waals surface area contributed by atoms with Crippen molar-refractivity contribution in [3.8, 4) is 0 Å². The van der Waals surface area contributed by atoms with Crippen molar-refractivity contribution in [3.63, 3.8) is 0 Å². The van der Waals surface area contributed by atoms with Gasteiger partial charge in [-0.3, -0.25) is 0 Å². The predicted octanol–water partition coefficient (Wildman–Crippen LogP) is 5.62. The first-order valence-corrected chi connectivity index (χ1v) is 7.37. The number of para-hydroxylation sites is 1. The number of nitrogens with zero attached hydrogens (tertiary/aromatic N) is 1. The summed E-state index contributed by atoms with van der Waals surface area (Å²) >= 11 is 0. The van der Waals surface area contributed by atoms with Crippen molar-refractivity contribution in [1.82, 2.24) is 4.98 Å². The molecule has 0 aliphatic carbocycles. The highest BCUT2D eigenvalue weighted by molar-refractivity contribution is 5.82. The molecule has 1 unspecified atom stereocenters. The number of alkyl halides is 3. The Morgan fingerprint density at radius 1 is 1.19 bits per heavy atom. The standard InChI is InChI=1S/C17H20F3N/c1-3-4-7-12(2)10-13-11-16(17(18,19)20)21-15-9-6-5-8-14(13)15/h5-6,8-9,11-12H,3-4,7,10H2,1-2H3. The summed E-state index contributed by atoms with van der Waals surface area (Å²) < 4.78 is 38.9. The van der Waals surface area contributed by atoms with Crippen LogP contribution in [0.3, 0.4) is 0 Å². The van der Waals surface area contributed by atoms with Crippen molar-refractivity contribution in [2.75, 3.05) is 0 Å². The van der Waals surface area contributed by atoms with E-state index in [1.165, 1.54) is 6.07 Å². The molecule has 0 amide bonds. The Hall–Kier alpha value is -1.58. The van der Waals surface area contributed by atoms with Crippen LogP contribution in [0.4, 0.5) is 13.2 Å². The van der Waals surface area contributed by atoms with Crippen molar-refractivity contribution in [2.45, 2.75) is 45.7 Å². The highest BCUT2D eigenvalue weighted by Gasteiger charge is 2.33. The van der Waals surface area contributed by atoms with Crippen LogP contribution in [-0.4, -0.2) is 4.98 Å². The van der Waals surface area contributed by atoms with E-state index in [9.17, 15) is 13.2 Å². The smallest absolute Gasteiger partial charge is 0.243 e. The van der Waals surface area contributed by atoms with Gasteiger partial charge in [-0.2, -0.15) is 13.2 Å². The van der Waals surface area contributed by atoms with Gasteiger partial charge < -0.3 is 0 Å². The number of aromatic nitrogens is 1. The maximum atomic E-state index is 13.0. The minimum Gasteiger partial charge on any atom is -0.243 e. The third-order valence-corrected chi connectivity index (χ3v) is 3.71. The van der Waals surface area contributed by atoms with Crippen LogP contribution >= 0.6 is 0 Å². The minimum absolute atomic E-state index is 0.372. The third kappa shape index (κ3) is 3.96. The lowest BCUT2D eigenvalue weighted by Crippen LogP contribution is -2.10. The Bertz CT molecular complexity index is 604. The Morgan fingerprint density at radius 3 is 2.57 bits per heavy atom. The largest absolute Gasteiger partial charge is 0.433 e. The average molecular weight is 295 g/mol. The van der Waals surface area contributed by atoms with Crippen LogP contribution in [-0.2, 0) is 12.6 Å². The van der Waals surface area contributed by atoms with Gasteiger partial charge in [0.15, 0.2) is 0 Å². The molecule has 0 bridgehead atoms. The number of halogens is 3. The summed E-state index contributed by atoms with van der Waals surface area (Å²) in [5, 5.41) is 0.828. The number of benzene rings is 1. The third-order valence-electron chi connectivity index (χ3n) is 3.71. The second-order valence-corrected chi connectivity index (χ2v) is 5.63. The van der Waals surface area contributed by atoms with E-state index >= 15 is 0 Å². The summed E-state index contributed by atoms with van der Waals surface area (Å²) in [6, 6.07) is 8.27. The zero-order valence-corrected chi connectivity index (χ0v) is 12.4. The topological polar surface area (TPSA) is 12.9 Å². The molecule has 2 aromatic rings. The molecule has 0 radical (unpaired) electrons. The normalized spacial score (nSPS) is 13.6. The molecule has 21 heavy (non-hydrogen) atoms. The van der Waals surface area contributed by atoms with Crippen LogP contribution in [0.1, 0.15) is 44.4 Å². The fourth-order valence-electron chi connectivity index (χ4n) is 2.59. The predicted molar refractivity (Wildman–Crippen MR) is 79.1 cm³/mol. The molecule has 0 aliphatic rings. The molecule has 1 atom stereocenters. The van der Waals surface area contributed by atoms with Crippen LogP contribution in [0.25, 0.3) is 10.9 Å². The van der Waals surface area contributed by atoms with E-state index in [0.29, 0.717) is 17.9 Å². The summed E-state index contributed by atoms with van der Waals surface area (Å²) in [5.41, 5.74) is 0.375. The molecule has 2 rings (SSSR count). The van der Waals surface area contributed by atoms with Gasteiger partial charge in [0.25, 0.3) is 0 Å². The Labute approximate surface area is 123 Å². The van der Waals surface area contributed by atoms with Gasteiger partial charge in [-0.15, -0.1) is 0 Å². The van der Waals surface area contributed by atoms with Crippen LogP contribution in [0.15, 0.2) is 30.3 Å². The molecular formula is C17H20F3N. The van der Waals surface area contributed by atoms with E-state index in [-0.39, 0.29) is 0 Å². The highest BCUT2D eigenvalue weighted by Crippen LogP contribution is 2.32. The van der Waals surface area contributed by atoms with E-state index in [0.717, 1.165) is 30.2 Å². The first kappa shape index (κ1) is 15.8. The zero-order chi connectivity index (χ0) is 15.5. The fraction of sp³-hybridized carbons (Fsp3) is 0.471. The summed E-state index contributed by atoms with van der Waals surface area (Å²) in [5.74, 6) is 0.372. The van der Waals surface area contributed by atoms with Gasteiger partial charge in [-0.05, 0) is 30.0 Å². The molecule has 0 N–H and O–H groups in total. The number of pyridine rings is 1. The van der Waals surface area contributed by atoms with E-state index in [1.807, 2.05) is 12.1 Å². The second kappa shape index (κ2) is 6.46. The molecule has 1 heterocycles. The highest BCUT2D eigenvalue weighted by atomic mass is 19.4. The number of hydrogen-bond donors (Lipinski definition) is 0. The van der Waals surface area contributed by atoms with Gasteiger partial charge in [-0.25, -0.2) is 4.98 Å². The Kier molecular flexibility index (Phi) is 4.86. The van der Waals surface area contributed by atoms with Crippen molar-refractivity contribution in [3.05, 3.63) is 41.6 Å². The second-order valence-electron chi connectivity index (χ2n) is 5.63. The van der Waals surface area contributed by atoms with Gasteiger partial charge in [0.2, 0.25) is 0 Å². The van der Waals surface area contributed by atoms with Crippen molar-refractivity contribution >= 4 is 10.9 Å². The van der Waals surface area contributed by atoms with Crippen LogP contribution in [0.2, 0.25) is 0 Å². The average Bonchev–Trinajstić information content (AvgIpc) is 2.44. The molecule has 114 valence electrons. The van der Waals surface area contributed by atoms with E-state index in [4.69, 9.17) is 0 Å². The minimum atomic E-state index is -4.40. The van der Waals surface area contributed by atoms with E-state index in [2.05, 4.69) is 18.8 Å². The Balaban J connectivity index is 2.40. The van der Waals surface area contributed by atoms with Gasteiger partial charge in [0.05, 0.1) is 5.52 Å². The molecule has 1 nitrogen and oxygen atoms in total. The number of fused-ring (bicyclic) bond motifs is 1. The van der Waals surface area contributed by atoms with Gasteiger partial charge >= 0.3 is 6.18 Å². The van der Waals surface area contributed by atoms with E-state index in [1.54, 1.807) is 12.1 Å².